The van der Waals surface area contributed by atoms with E-state index in [-0.39, 0.29) is 0 Å². The van der Waals surface area contributed by atoms with Gasteiger partial charge in [-0.15, -0.1) is 0 Å². The van der Waals surface area contributed by atoms with Gasteiger partial charge in [-0.2, -0.15) is 0 Å². The molecule has 0 radical (unpaired) electrons. The predicted octanol–water partition coefficient (Wildman–Crippen LogP) is 1.64. The summed E-state index contributed by atoms with van der Waals surface area (Å²) in [5, 5.41) is 5.97. The lowest BCUT2D eigenvalue weighted by molar-refractivity contribution is 0.606. The van der Waals surface area contributed by atoms with Gasteiger partial charge in [0.1, 0.15) is 0 Å². The molecular formula is C10H13NO2S. The summed E-state index contributed by atoms with van der Waals surface area (Å²) in [5.41, 5.74) is 2.65. The van der Waals surface area contributed by atoms with Crippen LogP contribution < -0.4 is 5.14 Å². The molecule has 1 aromatic rings. The minimum absolute atomic E-state index is 0.646. The smallest absolute Gasteiger partial charge is 0.225 e. The fourth-order valence-corrected chi connectivity index (χ4v) is 1.76. The van der Waals surface area contributed by atoms with Crippen molar-refractivity contribution in [1.82, 2.24) is 0 Å². The molecule has 0 aromatic heterocycles. The zero-order chi connectivity index (χ0) is 10.8. The fourth-order valence-electron chi connectivity index (χ4n) is 1.13. The number of sulfonamides is 1. The normalized spacial score (nSPS) is 12.9. The summed E-state index contributed by atoms with van der Waals surface area (Å²) in [6.45, 7) is 3.69. The van der Waals surface area contributed by atoms with E-state index in [9.17, 15) is 8.42 Å². The lowest BCUT2D eigenvalue weighted by Crippen LogP contribution is -2.07. The Morgan fingerprint density at radius 1 is 1.29 bits per heavy atom. The van der Waals surface area contributed by atoms with E-state index in [2.05, 4.69) is 0 Å². The quantitative estimate of drug-likeness (QED) is 0.808. The van der Waals surface area contributed by atoms with E-state index in [4.69, 9.17) is 5.14 Å². The Bertz CT molecular complexity index is 444. The van der Waals surface area contributed by atoms with Crippen molar-refractivity contribution in [3.05, 3.63) is 40.8 Å². The van der Waals surface area contributed by atoms with Gasteiger partial charge in [-0.05, 0) is 25.0 Å². The average molecular weight is 211 g/mol. The first kappa shape index (κ1) is 10.9. The van der Waals surface area contributed by atoms with Gasteiger partial charge in [0.15, 0.2) is 0 Å². The lowest BCUT2D eigenvalue weighted by atomic mass is 10.1. The summed E-state index contributed by atoms with van der Waals surface area (Å²) in [7, 11) is -3.54. The molecule has 0 aliphatic heterocycles. The van der Waals surface area contributed by atoms with Crippen molar-refractivity contribution in [2.75, 3.05) is 0 Å². The third-order valence-corrected chi connectivity index (χ3v) is 2.53. The van der Waals surface area contributed by atoms with E-state index in [1.165, 1.54) is 0 Å². The molecule has 1 aromatic carbocycles. The number of nitrogens with two attached hydrogens (primary N) is 1. The van der Waals surface area contributed by atoms with Gasteiger partial charge in [0.2, 0.25) is 10.0 Å². The molecule has 0 saturated carbocycles. The van der Waals surface area contributed by atoms with Crippen LogP contribution in [0.15, 0.2) is 29.7 Å². The minimum atomic E-state index is -3.54. The van der Waals surface area contributed by atoms with Gasteiger partial charge < -0.3 is 0 Å². The molecule has 0 spiro atoms. The van der Waals surface area contributed by atoms with Gasteiger partial charge in [-0.3, -0.25) is 0 Å². The van der Waals surface area contributed by atoms with Crippen molar-refractivity contribution in [3.8, 4) is 0 Å². The van der Waals surface area contributed by atoms with Crippen LogP contribution in [0.1, 0.15) is 18.1 Å². The minimum Gasteiger partial charge on any atom is -0.225 e. The molecule has 0 unspecified atom stereocenters. The van der Waals surface area contributed by atoms with Gasteiger partial charge in [0.25, 0.3) is 0 Å². The number of primary sulfonamides is 1. The zero-order valence-corrected chi connectivity index (χ0v) is 9.01. The van der Waals surface area contributed by atoms with E-state index < -0.39 is 10.0 Å². The van der Waals surface area contributed by atoms with Crippen molar-refractivity contribution in [3.63, 3.8) is 0 Å². The van der Waals surface area contributed by atoms with Crippen LogP contribution in [0.5, 0.6) is 0 Å². The van der Waals surface area contributed by atoms with Crippen molar-refractivity contribution in [2.24, 2.45) is 5.14 Å². The third-order valence-electron chi connectivity index (χ3n) is 1.85. The van der Waals surface area contributed by atoms with Crippen LogP contribution in [-0.2, 0) is 10.0 Å². The molecule has 0 amide bonds. The highest BCUT2D eigenvalue weighted by Crippen LogP contribution is 2.14. The third kappa shape index (κ3) is 3.32. The molecule has 0 bridgehead atoms. The molecule has 3 nitrogen and oxygen atoms in total. The van der Waals surface area contributed by atoms with Crippen LogP contribution in [0.4, 0.5) is 0 Å². The predicted molar refractivity (Wildman–Crippen MR) is 57.9 cm³/mol. The maximum atomic E-state index is 10.8. The van der Waals surface area contributed by atoms with Gasteiger partial charge >= 0.3 is 0 Å². The van der Waals surface area contributed by atoms with Crippen molar-refractivity contribution < 1.29 is 8.42 Å². The van der Waals surface area contributed by atoms with Crippen LogP contribution >= 0.6 is 0 Å². The fraction of sp³-hybridized carbons (Fsp3) is 0.200. The first-order valence-electron chi connectivity index (χ1n) is 4.16. The first-order chi connectivity index (χ1) is 6.38. The van der Waals surface area contributed by atoms with Crippen molar-refractivity contribution >= 4 is 15.6 Å². The highest BCUT2D eigenvalue weighted by atomic mass is 32.2. The van der Waals surface area contributed by atoms with Crippen LogP contribution in [0, 0.1) is 6.92 Å². The van der Waals surface area contributed by atoms with Crippen molar-refractivity contribution in [2.45, 2.75) is 13.8 Å². The van der Waals surface area contributed by atoms with E-state index in [0.717, 1.165) is 16.5 Å². The molecule has 0 heterocycles. The Morgan fingerprint density at radius 3 is 2.21 bits per heavy atom. The second kappa shape index (κ2) is 3.94. The summed E-state index contributed by atoms with van der Waals surface area (Å²) in [5.74, 6) is 0. The largest absolute Gasteiger partial charge is 0.231 e. The van der Waals surface area contributed by atoms with E-state index in [1.54, 1.807) is 6.92 Å². The van der Waals surface area contributed by atoms with Crippen LogP contribution in [0.3, 0.4) is 0 Å². The molecule has 2 N–H and O–H groups in total. The molecule has 0 atom stereocenters. The van der Waals surface area contributed by atoms with E-state index in [1.807, 2.05) is 31.2 Å². The molecule has 0 fully saturated rings. The summed E-state index contributed by atoms with van der Waals surface area (Å²) < 4.78 is 21.6. The Kier molecular flexibility index (Phi) is 3.08. The molecule has 1 rings (SSSR count). The second-order valence-corrected chi connectivity index (χ2v) is 4.67. The Morgan fingerprint density at radius 2 is 1.79 bits per heavy atom. The summed E-state index contributed by atoms with van der Waals surface area (Å²) in [4.78, 5) is 0. The standard InChI is InChI=1S/C10H13NO2S/c1-8-3-5-10(6-4-8)9(2)7-14(11,12)13/h3-7H,1-2H3,(H2,11,12,13)/b9-7+. The Hall–Kier alpha value is -1.13. The number of benzene rings is 1. The van der Waals surface area contributed by atoms with Gasteiger partial charge in [0, 0.05) is 5.41 Å². The monoisotopic (exact) mass is 211 g/mol. The van der Waals surface area contributed by atoms with Crippen LogP contribution in [0.25, 0.3) is 5.57 Å². The SMILES string of the molecule is C/C(=C\S(N)(=O)=O)c1ccc(C)cc1. The van der Waals surface area contributed by atoms with Gasteiger partial charge in [-0.25, -0.2) is 13.6 Å². The summed E-state index contributed by atoms with van der Waals surface area (Å²) >= 11 is 0. The number of aryl methyl sites for hydroxylation is 1. The molecule has 0 saturated heterocycles. The zero-order valence-electron chi connectivity index (χ0n) is 8.19. The molecule has 76 valence electrons. The summed E-state index contributed by atoms with van der Waals surface area (Å²) in [6.07, 6.45) is 0. The lowest BCUT2D eigenvalue weighted by Gasteiger charge is -2.01. The second-order valence-electron chi connectivity index (χ2n) is 3.26. The number of hydrogen-bond donors (Lipinski definition) is 1. The molecule has 0 aliphatic rings. The number of allylic oxidation sites excluding steroid dienone is 1. The maximum Gasteiger partial charge on any atom is 0.231 e. The molecule has 4 heteroatoms. The first-order valence-corrected chi connectivity index (χ1v) is 5.77. The summed E-state index contributed by atoms with van der Waals surface area (Å²) in [6, 6.07) is 7.59. The van der Waals surface area contributed by atoms with Gasteiger partial charge in [0.05, 0.1) is 0 Å². The molecular weight excluding hydrogens is 198 g/mol. The van der Waals surface area contributed by atoms with Crippen LogP contribution in [0.2, 0.25) is 0 Å². The highest BCUT2D eigenvalue weighted by Gasteiger charge is 2.00. The topological polar surface area (TPSA) is 60.2 Å². The van der Waals surface area contributed by atoms with E-state index >= 15 is 0 Å². The highest BCUT2D eigenvalue weighted by molar-refractivity contribution is 7.92. The number of hydrogen-bond acceptors (Lipinski definition) is 2. The van der Waals surface area contributed by atoms with Crippen molar-refractivity contribution in [1.29, 1.82) is 0 Å². The number of rotatable bonds is 2. The maximum absolute atomic E-state index is 10.8. The molecule has 0 aliphatic carbocycles. The van der Waals surface area contributed by atoms with Gasteiger partial charge in [-0.1, -0.05) is 29.8 Å². The Balaban J connectivity index is 3.07. The molecule has 14 heavy (non-hydrogen) atoms. The van der Waals surface area contributed by atoms with E-state index in [0.29, 0.717) is 5.57 Å². The van der Waals surface area contributed by atoms with Crippen LogP contribution in [-0.4, -0.2) is 8.42 Å². The average Bonchev–Trinajstić information content (AvgIpc) is 2.02. The Labute approximate surface area is 84.3 Å².